The van der Waals surface area contributed by atoms with Gasteiger partial charge in [0.15, 0.2) is 5.76 Å². The van der Waals surface area contributed by atoms with Crippen LogP contribution in [0.5, 0.6) is 0 Å². The Bertz CT molecular complexity index is 121. The minimum atomic E-state index is -0.649. The van der Waals surface area contributed by atoms with Crippen molar-refractivity contribution in [2.75, 3.05) is 13.2 Å². The van der Waals surface area contributed by atoms with E-state index in [-0.39, 0.29) is 13.2 Å². The Labute approximate surface area is 52.8 Å². The fourth-order valence-corrected chi connectivity index (χ4v) is 0.271. The topological polar surface area (TPSA) is 69.6 Å². The Balaban J connectivity index is 3.39. The van der Waals surface area contributed by atoms with E-state index in [0.717, 1.165) is 0 Å². The number of hydrogen-bond acceptors (Lipinski definition) is 3. The molecule has 1 amide bonds. The van der Waals surface area contributed by atoms with E-state index in [4.69, 9.17) is 10.2 Å². The third-order valence-electron chi connectivity index (χ3n) is 0.659. The Morgan fingerprint density at radius 2 is 2.22 bits per heavy atom. The molecule has 3 N–H and O–H groups in total. The second kappa shape index (κ2) is 3.91. The van der Waals surface area contributed by atoms with Gasteiger partial charge in [-0.1, -0.05) is 6.58 Å². The van der Waals surface area contributed by atoms with Gasteiger partial charge >= 0.3 is 0 Å². The summed E-state index contributed by atoms with van der Waals surface area (Å²) >= 11 is 0. The third kappa shape index (κ3) is 3.54. The lowest BCUT2D eigenvalue weighted by Gasteiger charge is -1.98. The van der Waals surface area contributed by atoms with Gasteiger partial charge in [-0.2, -0.15) is 0 Å². The summed E-state index contributed by atoms with van der Waals surface area (Å²) in [5.74, 6) is -1.19. The molecular weight excluding hydrogens is 122 g/mol. The molecule has 0 atom stereocenters. The summed E-state index contributed by atoms with van der Waals surface area (Å²) in [6.07, 6.45) is 0. The van der Waals surface area contributed by atoms with Crippen molar-refractivity contribution in [3.05, 3.63) is 12.3 Å². The minimum Gasteiger partial charge on any atom is -0.503 e. The predicted octanol–water partition coefficient (Wildman–Crippen LogP) is -0.833. The van der Waals surface area contributed by atoms with Crippen LogP contribution in [0, 0.1) is 0 Å². The van der Waals surface area contributed by atoms with Crippen molar-refractivity contribution in [1.82, 2.24) is 5.32 Å². The van der Waals surface area contributed by atoms with Gasteiger partial charge in [-0.15, -0.1) is 0 Å². The van der Waals surface area contributed by atoms with E-state index in [9.17, 15) is 4.79 Å². The first-order chi connectivity index (χ1) is 4.18. The van der Waals surface area contributed by atoms with Crippen LogP contribution in [0.2, 0.25) is 0 Å². The molecule has 0 aromatic carbocycles. The molecule has 0 aromatic heterocycles. The SMILES string of the molecule is C=C(O)C(=O)NCCO. The fraction of sp³-hybridized carbons (Fsp3) is 0.400. The van der Waals surface area contributed by atoms with Crippen LogP contribution in [0.1, 0.15) is 0 Å². The summed E-state index contributed by atoms with van der Waals surface area (Å²) in [4.78, 5) is 10.3. The van der Waals surface area contributed by atoms with Crippen LogP contribution in [-0.4, -0.2) is 29.3 Å². The molecule has 0 bridgehead atoms. The number of amides is 1. The lowest BCUT2D eigenvalue weighted by molar-refractivity contribution is -0.120. The number of aliphatic hydroxyl groups excluding tert-OH is 2. The van der Waals surface area contributed by atoms with Gasteiger partial charge in [0, 0.05) is 6.54 Å². The lowest BCUT2D eigenvalue weighted by atomic mass is 10.5. The van der Waals surface area contributed by atoms with Crippen LogP contribution < -0.4 is 5.32 Å². The average Bonchev–Trinajstić information content (AvgIpc) is 1.82. The normalized spacial score (nSPS) is 8.56. The highest BCUT2D eigenvalue weighted by Crippen LogP contribution is 1.78. The standard InChI is InChI=1S/C5H9NO3/c1-4(8)5(9)6-2-3-7/h7-8H,1-3H2,(H,6,9). The van der Waals surface area contributed by atoms with Gasteiger partial charge < -0.3 is 15.5 Å². The predicted molar refractivity (Wildman–Crippen MR) is 31.9 cm³/mol. The van der Waals surface area contributed by atoms with Crippen molar-refractivity contribution < 1.29 is 15.0 Å². The molecule has 0 aromatic rings. The quantitative estimate of drug-likeness (QED) is 0.346. The maximum Gasteiger partial charge on any atom is 0.285 e. The molecule has 0 saturated carbocycles. The zero-order valence-corrected chi connectivity index (χ0v) is 4.92. The third-order valence-corrected chi connectivity index (χ3v) is 0.659. The summed E-state index contributed by atoms with van der Waals surface area (Å²) in [7, 11) is 0. The van der Waals surface area contributed by atoms with E-state index in [2.05, 4.69) is 11.9 Å². The molecule has 0 spiro atoms. The number of hydrogen-bond donors (Lipinski definition) is 3. The number of carbonyl (C=O) groups excluding carboxylic acids is 1. The summed E-state index contributed by atoms with van der Waals surface area (Å²) in [6.45, 7) is 2.97. The molecular formula is C5H9NO3. The molecule has 0 unspecified atom stereocenters. The molecule has 4 nitrogen and oxygen atoms in total. The van der Waals surface area contributed by atoms with Crippen molar-refractivity contribution in [3.8, 4) is 0 Å². The van der Waals surface area contributed by atoms with Crippen molar-refractivity contribution in [3.63, 3.8) is 0 Å². The van der Waals surface area contributed by atoms with Crippen molar-refractivity contribution >= 4 is 5.91 Å². The Hall–Kier alpha value is -1.03. The van der Waals surface area contributed by atoms with E-state index in [0.29, 0.717) is 0 Å². The van der Waals surface area contributed by atoms with Crippen LogP contribution in [0.25, 0.3) is 0 Å². The molecule has 0 aliphatic heterocycles. The molecule has 0 heterocycles. The summed E-state index contributed by atoms with van der Waals surface area (Å²) < 4.78 is 0. The number of carbonyl (C=O) groups is 1. The highest BCUT2D eigenvalue weighted by molar-refractivity contribution is 5.90. The highest BCUT2D eigenvalue weighted by Gasteiger charge is 2.00. The Kier molecular flexibility index (Phi) is 3.46. The number of nitrogens with one attached hydrogen (secondary N) is 1. The first kappa shape index (κ1) is 7.97. The number of rotatable bonds is 3. The summed E-state index contributed by atoms with van der Waals surface area (Å²) in [5.41, 5.74) is 0. The Morgan fingerprint density at radius 3 is 2.56 bits per heavy atom. The van der Waals surface area contributed by atoms with Crippen molar-refractivity contribution in [1.29, 1.82) is 0 Å². The first-order valence-electron chi connectivity index (χ1n) is 2.45. The second-order valence-corrected chi connectivity index (χ2v) is 1.43. The number of aliphatic hydroxyl groups is 2. The smallest absolute Gasteiger partial charge is 0.285 e. The van der Waals surface area contributed by atoms with Gasteiger partial charge in [0.25, 0.3) is 5.91 Å². The highest BCUT2D eigenvalue weighted by atomic mass is 16.3. The van der Waals surface area contributed by atoms with Gasteiger partial charge in [-0.25, -0.2) is 0 Å². The molecule has 0 saturated heterocycles. The van der Waals surface area contributed by atoms with Crippen LogP contribution in [0.3, 0.4) is 0 Å². The van der Waals surface area contributed by atoms with E-state index in [1.54, 1.807) is 0 Å². The van der Waals surface area contributed by atoms with Crippen LogP contribution in [0.4, 0.5) is 0 Å². The summed E-state index contributed by atoms with van der Waals surface area (Å²) in [5, 5.41) is 18.7. The summed E-state index contributed by atoms with van der Waals surface area (Å²) in [6, 6.07) is 0. The molecule has 0 rings (SSSR count). The molecule has 52 valence electrons. The Morgan fingerprint density at radius 1 is 1.67 bits per heavy atom. The van der Waals surface area contributed by atoms with E-state index >= 15 is 0 Å². The zero-order chi connectivity index (χ0) is 7.28. The zero-order valence-electron chi connectivity index (χ0n) is 4.92. The second-order valence-electron chi connectivity index (χ2n) is 1.43. The van der Waals surface area contributed by atoms with Crippen molar-refractivity contribution in [2.45, 2.75) is 0 Å². The van der Waals surface area contributed by atoms with E-state index in [1.807, 2.05) is 0 Å². The first-order valence-corrected chi connectivity index (χ1v) is 2.45. The maximum atomic E-state index is 10.3. The van der Waals surface area contributed by atoms with Crippen LogP contribution in [-0.2, 0) is 4.79 Å². The van der Waals surface area contributed by atoms with E-state index in [1.165, 1.54) is 0 Å². The fourth-order valence-electron chi connectivity index (χ4n) is 0.271. The largest absolute Gasteiger partial charge is 0.503 e. The van der Waals surface area contributed by atoms with Crippen LogP contribution in [0.15, 0.2) is 12.3 Å². The molecule has 0 radical (unpaired) electrons. The average molecular weight is 131 g/mol. The molecule has 0 aliphatic rings. The monoisotopic (exact) mass is 131 g/mol. The van der Waals surface area contributed by atoms with Gasteiger partial charge in [-0.3, -0.25) is 4.79 Å². The van der Waals surface area contributed by atoms with Crippen LogP contribution >= 0.6 is 0 Å². The molecule has 0 aliphatic carbocycles. The van der Waals surface area contributed by atoms with E-state index < -0.39 is 11.7 Å². The van der Waals surface area contributed by atoms with Crippen molar-refractivity contribution in [2.24, 2.45) is 0 Å². The van der Waals surface area contributed by atoms with Gasteiger partial charge in [-0.05, 0) is 0 Å². The van der Waals surface area contributed by atoms with Gasteiger partial charge in [0.05, 0.1) is 6.61 Å². The molecule has 0 fully saturated rings. The lowest BCUT2D eigenvalue weighted by Crippen LogP contribution is -2.27. The maximum absolute atomic E-state index is 10.3. The molecule has 9 heavy (non-hydrogen) atoms. The minimum absolute atomic E-state index is 0.137. The van der Waals surface area contributed by atoms with Gasteiger partial charge in [0.2, 0.25) is 0 Å². The molecule has 4 heteroatoms. The van der Waals surface area contributed by atoms with Gasteiger partial charge in [0.1, 0.15) is 0 Å².